The van der Waals surface area contributed by atoms with E-state index >= 15 is 0 Å². The smallest absolute Gasteiger partial charge is 0.230 e. The number of anilines is 1. The summed E-state index contributed by atoms with van der Waals surface area (Å²) in [6, 6.07) is 0.812. The zero-order valence-electron chi connectivity index (χ0n) is 22.3. The average molecular weight is 526 g/mol. The van der Waals surface area contributed by atoms with Crippen molar-refractivity contribution in [2.45, 2.75) is 50.4 Å². The molecule has 6 atom stereocenters. The van der Waals surface area contributed by atoms with E-state index in [1.54, 1.807) is 25.1 Å². The van der Waals surface area contributed by atoms with Gasteiger partial charge < -0.3 is 36.0 Å². The number of phenolic OH excluding ortho intramolecular Hbond substituents is 1. The quantitative estimate of drug-likeness (QED) is 0.275. The van der Waals surface area contributed by atoms with Crippen molar-refractivity contribution in [3.05, 3.63) is 28.3 Å². The van der Waals surface area contributed by atoms with Gasteiger partial charge in [-0.05, 0) is 50.9 Å². The zero-order valence-corrected chi connectivity index (χ0v) is 22.3. The second kappa shape index (κ2) is 9.73. The molecule has 1 amide bonds. The number of unbranched alkanes of at least 4 members (excludes halogenated alkanes) is 1. The van der Waals surface area contributed by atoms with Crippen LogP contribution in [0.3, 0.4) is 0 Å². The molecule has 204 valence electrons. The van der Waals surface area contributed by atoms with Crippen molar-refractivity contribution >= 4 is 28.9 Å². The maximum absolute atomic E-state index is 14.0. The van der Waals surface area contributed by atoms with Crippen LogP contribution in [0, 0.1) is 29.6 Å². The highest BCUT2D eigenvalue weighted by atomic mass is 16.3. The molecule has 0 aliphatic heterocycles. The van der Waals surface area contributed by atoms with Crippen LogP contribution < -0.4 is 10.6 Å². The van der Waals surface area contributed by atoms with Gasteiger partial charge in [-0.25, -0.2) is 0 Å². The lowest BCUT2D eigenvalue weighted by molar-refractivity contribution is -0.184. The summed E-state index contributed by atoms with van der Waals surface area (Å²) in [5, 5.41) is 45.3. The van der Waals surface area contributed by atoms with Gasteiger partial charge in [0.1, 0.15) is 17.4 Å². The molecule has 3 aliphatic rings. The summed E-state index contributed by atoms with van der Waals surface area (Å²) in [5.74, 6) is -1.71. The van der Waals surface area contributed by atoms with Crippen LogP contribution in [-0.4, -0.2) is 88.7 Å². The Morgan fingerprint density at radius 3 is 2.42 bits per heavy atom. The molecule has 3 aliphatic carbocycles. The maximum Gasteiger partial charge on any atom is 0.230 e. The third-order valence-electron chi connectivity index (χ3n) is 8.14. The molecule has 10 heteroatoms. The minimum Gasteiger partial charge on any atom is -0.507 e. The number of likely N-dealkylation sites (N-methyl/N-ethyl adjacent to an activating group) is 1. The number of hydrogen-bond donors (Lipinski definition) is 5. The molecule has 2 saturated carbocycles. The number of ketones is 2. The first-order chi connectivity index (χ1) is 17.8. The summed E-state index contributed by atoms with van der Waals surface area (Å²) in [6.07, 6.45) is 0.226. The summed E-state index contributed by atoms with van der Waals surface area (Å²) in [4.78, 5) is 42.9. The lowest BCUT2D eigenvalue weighted by atomic mass is 9.54. The van der Waals surface area contributed by atoms with Crippen molar-refractivity contribution in [2.75, 3.05) is 33.1 Å². The summed E-state index contributed by atoms with van der Waals surface area (Å²) < 4.78 is 0. The number of phenols is 1. The van der Waals surface area contributed by atoms with E-state index in [1.807, 2.05) is 25.9 Å². The van der Waals surface area contributed by atoms with Crippen molar-refractivity contribution < 1.29 is 34.8 Å². The van der Waals surface area contributed by atoms with Gasteiger partial charge in [0.25, 0.3) is 0 Å². The molecule has 2 unspecified atom stereocenters. The number of fused-ring (bicyclic) bond motifs is 3. The minimum absolute atomic E-state index is 0.0394. The fourth-order valence-electron chi connectivity index (χ4n) is 6.43. The molecule has 2 fully saturated rings. The molecule has 0 saturated heterocycles. The lowest BCUT2D eigenvalue weighted by Gasteiger charge is -2.53. The molecule has 4 rings (SSSR count). The first-order valence-electron chi connectivity index (χ1n) is 12.7. The van der Waals surface area contributed by atoms with Gasteiger partial charge in [0.15, 0.2) is 11.4 Å². The predicted octanol–water partition coefficient (Wildman–Crippen LogP) is 0.347. The Hall–Kier alpha value is -3.39. The van der Waals surface area contributed by atoms with Gasteiger partial charge >= 0.3 is 0 Å². The Bertz CT molecular complexity index is 1310. The van der Waals surface area contributed by atoms with Crippen molar-refractivity contribution in [1.82, 2.24) is 4.90 Å². The number of nitrogens with zero attached hydrogens (tertiary/aromatic N) is 2. The molecule has 1 aromatic rings. The number of aliphatic hydroxyl groups excluding tert-OH is 2. The highest BCUT2D eigenvalue weighted by molar-refractivity contribution is 6.25. The number of aromatic hydroxyl groups is 1. The number of aliphatic hydroxyl groups is 3. The molecule has 0 aromatic heterocycles. The summed E-state index contributed by atoms with van der Waals surface area (Å²) in [5.41, 5.74) is 4.19. The van der Waals surface area contributed by atoms with E-state index < -0.39 is 58.7 Å². The van der Waals surface area contributed by atoms with E-state index in [2.05, 4.69) is 11.8 Å². The van der Waals surface area contributed by atoms with Gasteiger partial charge in [-0.3, -0.25) is 14.4 Å². The standard InChI is InChI=1S/C28H35N3O7/c1-6-7-8-9-13-12-17(30(2)3)15-10-14-11-16-21(31(4)5)24(34)20(27(29)37)26(36)28(16,38)25(35)18(14)23(33)19(15)22(13)32/h12,14,16,20-21,24,32-34,38H,6-7,10-11H2,1-5H3,(H2,29,37)/t14-,16-,20?,21-,24?,28-/m1/s1. The topological polar surface area (TPSA) is 165 Å². The Labute approximate surface area is 221 Å². The van der Waals surface area contributed by atoms with Gasteiger partial charge in [0.05, 0.1) is 17.2 Å². The summed E-state index contributed by atoms with van der Waals surface area (Å²) >= 11 is 0. The van der Waals surface area contributed by atoms with E-state index in [0.29, 0.717) is 17.7 Å². The van der Waals surface area contributed by atoms with E-state index in [1.165, 1.54) is 0 Å². The molecule has 10 nitrogen and oxygen atoms in total. The van der Waals surface area contributed by atoms with Gasteiger partial charge in [0.2, 0.25) is 11.7 Å². The number of nitrogens with two attached hydrogens (primary N) is 1. The van der Waals surface area contributed by atoms with Gasteiger partial charge in [-0.15, -0.1) is 0 Å². The largest absolute Gasteiger partial charge is 0.507 e. The van der Waals surface area contributed by atoms with Crippen LogP contribution in [0.4, 0.5) is 5.69 Å². The number of primary amides is 1. The molecule has 6 N–H and O–H groups in total. The fourth-order valence-corrected chi connectivity index (χ4v) is 6.43. The predicted molar refractivity (Wildman–Crippen MR) is 140 cm³/mol. The van der Waals surface area contributed by atoms with Gasteiger partial charge in [-0.1, -0.05) is 18.8 Å². The maximum atomic E-state index is 14.0. The fraction of sp³-hybridized carbons (Fsp3) is 0.536. The van der Waals surface area contributed by atoms with Gasteiger partial charge in [0, 0.05) is 43.7 Å². The molecule has 0 spiro atoms. The van der Waals surface area contributed by atoms with Crippen molar-refractivity contribution in [3.8, 4) is 17.6 Å². The number of carbonyl (C=O) groups excluding carboxylic acids is 3. The second-order valence-corrected chi connectivity index (χ2v) is 10.9. The zero-order chi connectivity index (χ0) is 28.3. The molecule has 1 aromatic carbocycles. The van der Waals surface area contributed by atoms with E-state index in [9.17, 15) is 34.8 Å². The number of carbonyl (C=O) groups is 3. The van der Waals surface area contributed by atoms with E-state index in [0.717, 1.165) is 6.42 Å². The molecule has 0 radical (unpaired) electrons. The van der Waals surface area contributed by atoms with Crippen molar-refractivity contribution in [1.29, 1.82) is 0 Å². The van der Waals surface area contributed by atoms with Crippen LogP contribution in [0.2, 0.25) is 0 Å². The number of Topliss-reactive ketones (excluding diaryl/α,β-unsaturated/α-hetero) is 2. The molecular formula is C28H35N3O7. The van der Waals surface area contributed by atoms with Crippen LogP contribution in [0.1, 0.15) is 42.9 Å². The average Bonchev–Trinajstić information content (AvgIpc) is 2.82. The van der Waals surface area contributed by atoms with Crippen LogP contribution in [0.5, 0.6) is 5.75 Å². The van der Waals surface area contributed by atoms with Crippen molar-refractivity contribution in [2.24, 2.45) is 23.5 Å². The van der Waals surface area contributed by atoms with Gasteiger partial charge in [-0.2, -0.15) is 0 Å². The highest BCUT2D eigenvalue weighted by Gasteiger charge is 2.67. The minimum atomic E-state index is -2.68. The van der Waals surface area contributed by atoms with Crippen LogP contribution in [0.25, 0.3) is 5.76 Å². The molecule has 0 heterocycles. The van der Waals surface area contributed by atoms with Crippen molar-refractivity contribution in [3.63, 3.8) is 0 Å². The third-order valence-corrected chi connectivity index (χ3v) is 8.14. The highest BCUT2D eigenvalue weighted by Crippen LogP contribution is 2.53. The molecule has 0 bridgehead atoms. The first-order valence-corrected chi connectivity index (χ1v) is 12.7. The second-order valence-electron chi connectivity index (χ2n) is 10.9. The number of rotatable bonds is 4. The number of amides is 1. The van der Waals surface area contributed by atoms with Crippen LogP contribution >= 0.6 is 0 Å². The number of hydrogen-bond acceptors (Lipinski definition) is 9. The van der Waals surface area contributed by atoms with Crippen LogP contribution in [-0.2, 0) is 20.8 Å². The van der Waals surface area contributed by atoms with E-state index in [-0.39, 0.29) is 35.3 Å². The Morgan fingerprint density at radius 1 is 1.21 bits per heavy atom. The molecule has 38 heavy (non-hydrogen) atoms. The Balaban J connectivity index is 1.95. The third kappa shape index (κ3) is 3.88. The number of benzene rings is 1. The molecular weight excluding hydrogens is 490 g/mol. The van der Waals surface area contributed by atoms with Crippen LogP contribution in [0.15, 0.2) is 11.6 Å². The first kappa shape index (κ1) is 27.6. The Morgan fingerprint density at radius 2 is 1.87 bits per heavy atom. The Kier molecular flexibility index (Phi) is 7.08. The van der Waals surface area contributed by atoms with E-state index in [4.69, 9.17) is 5.73 Å². The SMILES string of the molecule is CCCC#Cc1cc(N(C)C)c2c(c1O)C(O)=C1C(=O)[C@@]3(O)C(=O)C(C(N)=O)C(O)[C@H](N(C)C)[C@H]3C[C@H]1C2. The normalized spacial score (nSPS) is 30.3. The lowest BCUT2D eigenvalue weighted by Crippen LogP contribution is -2.73. The monoisotopic (exact) mass is 525 g/mol. The summed E-state index contributed by atoms with van der Waals surface area (Å²) in [6.45, 7) is 1.98. The summed E-state index contributed by atoms with van der Waals surface area (Å²) in [7, 11) is 6.88.